The molecule has 1 aromatic carbocycles. The third-order valence-corrected chi connectivity index (χ3v) is 2.69. The molecule has 0 atom stereocenters. The number of benzene rings is 1. The normalized spacial score (nSPS) is 10.9. The van der Waals surface area contributed by atoms with Crippen LogP contribution < -0.4 is 0 Å². The van der Waals surface area contributed by atoms with Crippen molar-refractivity contribution >= 4 is 22.7 Å². The number of nitrogens with zero attached hydrogens (tertiary/aromatic N) is 3. The van der Waals surface area contributed by atoms with E-state index >= 15 is 0 Å². The van der Waals surface area contributed by atoms with Crippen LogP contribution in [0.4, 0.5) is 0 Å². The molecule has 2 heterocycles. The largest absolute Gasteiger partial charge is 0.443 e. The zero-order valence-electron chi connectivity index (χ0n) is 8.80. The number of hydrogen-bond acceptors (Lipinski definition) is 4. The minimum Gasteiger partial charge on any atom is -0.443 e. The summed E-state index contributed by atoms with van der Waals surface area (Å²) in [5, 5.41) is 0. The Balaban J connectivity index is 2.12. The number of hydrogen-bond donors (Lipinski definition) is 0. The van der Waals surface area contributed by atoms with E-state index in [9.17, 15) is 0 Å². The van der Waals surface area contributed by atoms with Gasteiger partial charge in [-0.3, -0.25) is 0 Å². The number of oxazole rings is 1. The maximum Gasteiger partial charge on any atom is 0.181 e. The van der Waals surface area contributed by atoms with Crippen LogP contribution in [0.1, 0.15) is 5.82 Å². The smallest absolute Gasteiger partial charge is 0.181 e. The summed E-state index contributed by atoms with van der Waals surface area (Å²) in [6.07, 6.45) is 3.13. The molecular formula is C12H8ClN3O. The molecular weight excluding hydrogens is 238 g/mol. The molecule has 0 fully saturated rings. The quantitative estimate of drug-likeness (QED) is 0.651. The van der Waals surface area contributed by atoms with Crippen LogP contribution in [-0.4, -0.2) is 15.0 Å². The van der Waals surface area contributed by atoms with Crippen molar-refractivity contribution in [3.8, 4) is 11.3 Å². The Kier molecular flexibility index (Phi) is 2.49. The fraction of sp³-hybridized carbons (Fsp3) is 0.0833. The third kappa shape index (κ3) is 1.87. The molecule has 3 aromatic rings. The summed E-state index contributed by atoms with van der Waals surface area (Å²) in [5.74, 6) is 0.917. The molecule has 5 heteroatoms. The van der Waals surface area contributed by atoms with Gasteiger partial charge < -0.3 is 4.42 Å². The molecule has 0 aliphatic carbocycles. The van der Waals surface area contributed by atoms with Crippen molar-refractivity contribution in [2.75, 3.05) is 0 Å². The monoisotopic (exact) mass is 245 g/mol. The predicted octanol–water partition coefficient (Wildman–Crippen LogP) is 3.02. The Morgan fingerprint density at radius 3 is 3.00 bits per heavy atom. The first-order chi connectivity index (χ1) is 8.36. The number of fused-ring (bicyclic) bond motifs is 1. The van der Waals surface area contributed by atoms with Gasteiger partial charge in [0, 0.05) is 11.8 Å². The van der Waals surface area contributed by atoms with E-state index in [2.05, 4.69) is 15.0 Å². The van der Waals surface area contributed by atoms with Crippen molar-refractivity contribution in [3.63, 3.8) is 0 Å². The van der Waals surface area contributed by atoms with Crippen molar-refractivity contribution in [3.05, 3.63) is 42.7 Å². The van der Waals surface area contributed by atoms with E-state index in [0.717, 1.165) is 22.4 Å². The second kappa shape index (κ2) is 4.14. The van der Waals surface area contributed by atoms with Crippen molar-refractivity contribution in [1.29, 1.82) is 0 Å². The molecule has 84 valence electrons. The molecule has 2 aromatic heterocycles. The van der Waals surface area contributed by atoms with Gasteiger partial charge in [-0.15, -0.1) is 11.6 Å². The Labute approximate surface area is 102 Å². The van der Waals surface area contributed by atoms with Gasteiger partial charge in [0.1, 0.15) is 11.3 Å². The van der Waals surface area contributed by atoms with Gasteiger partial charge in [0.2, 0.25) is 0 Å². The Morgan fingerprint density at radius 1 is 1.18 bits per heavy atom. The number of rotatable bonds is 2. The first-order valence-corrected chi connectivity index (χ1v) is 5.62. The highest BCUT2D eigenvalue weighted by atomic mass is 35.5. The average molecular weight is 246 g/mol. The molecule has 0 spiro atoms. The van der Waals surface area contributed by atoms with Gasteiger partial charge in [-0.05, 0) is 18.2 Å². The molecule has 0 aliphatic rings. The lowest BCUT2D eigenvalue weighted by Gasteiger charge is -2.01. The summed E-state index contributed by atoms with van der Waals surface area (Å²) in [5.41, 5.74) is 3.37. The molecule has 0 saturated carbocycles. The van der Waals surface area contributed by atoms with E-state index in [1.807, 2.05) is 24.3 Å². The summed E-state index contributed by atoms with van der Waals surface area (Å²) in [6, 6.07) is 7.60. The highest BCUT2D eigenvalue weighted by Crippen LogP contribution is 2.22. The highest BCUT2D eigenvalue weighted by Gasteiger charge is 2.04. The van der Waals surface area contributed by atoms with Gasteiger partial charge in [0.25, 0.3) is 0 Å². The molecule has 4 nitrogen and oxygen atoms in total. The summed E-state index contributed by atoms with van der Waals surface area (Å²) in [7, 11) is 0. The number of halogens is 1. The van der Waals surface area contributed by atoms with E-state index < -0.39 is 0 Å². The first kappa shape index (κ1) is 10.2. The van der Waals surface area contributed by atoms with Crippen LogP contribution in [0.2, 0.25) is 0 Å². The predicted molar refractivity (Wildman–Crippen MR) is 64.6 cm³/mol. The summed E-state index contributed by atoms with van der Waals surface area (Å²) < 4.78 is 5.26. The molecule has 0 unspecified atom stereocenters. The Morgan fingerprint density at radius 2 is 2.12 bits per heavy atom. The van der Waals surface area contributed by atoms with E-state index in [-0.39, 0.29) is 0 Å². The maximum absolute atomic E-state index is 5.71. The summed E-state index contributed by atoms with van der Waals surface area (Å²) >= 11 is 5.71. The molecule has 0 amide bonds. The van der Waals surface area contributed by atoms with Gasteiger partial charge in [0.15, 0.2) is 12.0 Å². The molecule has 3 rings (SSSR count). The fourth-order valence-corrected chi connectivity index (χ4v) is 1.77. The van der Waals surface area contributed by atoms with Crippen LogP contribution >= 0.6 is 11.6 Å². The standard InChI is InChI=1S/C12H8ClN3O/c13-6-12-14-4-3-9(16-12)8-1-2-10-11(5-8)17-7-15-10/h1-5,7H,6H2. The lowest BCUT2D eigenvalue weighted by Crippen LogP contribution is -1.92. The molecule has 0 radical (unpaired) electrons. The lowest BCUT2D eigenvalue weighted by atomic mass is 10.1. The zero-order chi connectivity index (χ0) is 11.7. The van der Waals surface area contributed by atoms with Crippen LogP contribution in [0.15, 0.2) is 41.3 Å². The molecule has 17 heavy (non-hydrogen) atoms. The van der Waals surface area contributed by atoms with Crippen LogP contribution in [0.5, 0.6) is 0 Å². The topological polar surface area (TPSA) is 51.8 Å². The average Bonchev–Trinajstić information content (AvgIpc) is 2.86. The van der Waals surface area contributed by atoms with Gasteiger partial charge in [0.05, 0.1) is 11.6 Å². The molecule has 0 N–H and O–H groups in total. The van der Waals surface area contributed by atoms with Crippen LogP contribution in [0, 0.1) is 0 Å². The molecule has 0 aliphatic heterocycles. The first-order valence-electron chi connectivity index (χ1n) is 5.08. The van der Waals surface area contributed by atoms with Gasteiger partial charge >= 0.3 is 0 Å². The maximum atomic E-state index is 5.71. The van der Waals surface area contributed by atoms with Gasteiger partial charge in [-0.1, -0.05) is 6.07 Å². The van der Waals surface area contributed by atoms with Crippen molar-refractivity contribution < 1.29 is 4.42 Å². The molecule has 0 bridgehead atoms. The third-order valence-electron chi connectivity index (χ3n) is 2.45. The summed E-state index contributed by atoms with van der Waals surface area (Å²) in [6.45, 7) is 0. The zero-order valence-corrected chi connectivity index (χ0v) is 9.55. The Hall–Kier alpha value is -1.94. The van der Waals surface area contributed by atoms with Crippen molar-refractivity contribution in [2.24, 2.45) is 0 Å². The van der Waals surface area contributed by atoms with Gasteiger partial charge in [-0.2, -0.15) is 0 Å². The Bertz CT molecular complexity index is 665. The molecule has 0 saturated heterocycles. The van der Waals surface area contributed by atoms with E-state index in [1.165, 1.54) is 6.39 Å². The second-order valence-electron chi connectivity index (χ2n) is 3.53. The second-order valence-corrected chi connectivity index (χ2v) is 3.79. The van der Waals surface area contributed by atoms with Crippen LogP contribution in [0.25, 0.3) is 22.4 Å². The van der Waals surface area contributed by atoms with Crippen LogP contribution in [-0.2, 0) is 5.88 Å². The van der Waals surface area contributed by atoms with E-state index in [1.54, 1.807) is 6.20 Å². The fourth-order valence-electron chi connectivity index (χ4n) is 1.64. The van der Waals surface area contributed by atoms with Crippen molar-refractivity contribution in [1.82, 2.24) is 15.0 Å². The number of aromatic nitrogens is 3. The van der Waals surface area contributed by atoms with Gasteiger partial charge in [-0.25, -0.2) is 15.0 Å². The lowest BCUT2D eigenvalue weighted by molar-refractivity contribution is 0.602. The van der Waals surface area contributed by atoms with E-state index in [4.69, 9.17) is 16.0 Å². The SMILES string of the molecule is ClCc1nccc(-c2ccc3ncoc3c2)n1. The minimum atomic E-state index is 0.304. The summed E-state index contributed by atoms with van der Waals surface area (Å²) in [4.78, 5) is 12.5. The van der Waals surface area contributed by atoms with Crippen molar-refractivity contribution in [2.45, 2.75) is 5.88 Å². The highest BCUT2D eigenvalue weighted by molar-refractivity contribution is 6.16. The van der Waals surface area contributed by atoms with E-state index in [0.29, 0.717) is 11.7 Å². The minimum absolute atomic E-state index is 0.304. The number of alkyl halides is 1. The van der Waals surface area contributed by atoms with Crippen LogP contribution in [0.3, 0.4) is 0 Å².